The van der Waals surface area contributed by atoms with Crippen LogP contribution in [-0.4, -0.2) is 70.9 Å². The summed E-state index contributed by atoms with van der Waals surface area (Å²) >= 11 is 0. The number of carbonyl (C=O) groups excluding carboxylic acids is 1. The fourth-order valence-electron chi connectivity index (χ4n) is 1.62. The van der Waals surface area contributed by atoms with E-state index < -0.39 is 6.17 Å². The molecule has 0 radical (unpaired) electrons. The van der Waals surface area contributed by atoms with E-state index in [1.807, 2.05) is 6.92 Å². The van der Waals surface area contributed by atoms with E-state index in [2.05, 4.69) is 17.6 Å². The molecule has 0 aliphatic heterocycles. The number of hydrogen-bond donors (Lipinski definition) is 2. The van der Waals surface area contributed by atoms with Gasteiger partial charge in [0.1, 0.15) is 6.17 Å². The second kappa shape index (κ2) is 14.8. The summed E-state index contributed by atoms with van der Waals surface area (Å²) < 4.78 is 29.5. The van der Waals surface area contributed by atoms with Crippen LogP contribution in [0.5, 0.6) is 0 Å². The van der Waals surface area contributed by atoms with Gasteiger partial charge in [-0.3, -0.25) is 4.79 Å². The quantitative estimate of drug-likeness (QED) is 0.439. The number of halogens is 1. The van der Waals surface area contributed by atoms with Crippen LogP contribution >= 0.6 is 0 Å². The number of rotatable bonds is 15. The zero-order valence-corrected chi connectivity index (χ0v) is 14.9. The molecule has 0 rings (SSSR count). The third kappa shape index (κ3) is 14.6. The normalized spacial score (nSPS) is 14.0. The van der Waals surface area contributed by atoms with Crippen LogP contribution in [0.25, 0.3) is 0 Å². The highest BCUT2D eigenvalue weighted by Crippen LogP contribution is 1.95. The average Bonchev–Trinajstić information content (AvgIpc) is 2.52. The van der Waals surface area contributed by atoms with E-state index in [4.69, 9.17) is 14.2 Å². The van der Waals surface area contributed by atoms with E-state index in [-0.39, 0.29) is 31.1 Å². The highest BCUT2D eigenvalue weighted by molar-refractivity contribution is 5.77. The summed E-state index contributed by atoms with van der Waals surface area (Å²) in [5.74, 6) is -0.293. The lowest BCUT2D eigenvalue weighted by atomic mass is 10.2. The molecule has 0 aromatic heterocycles. The Labute approximate surface area is 139 Å². The van der Waals surface area contributed by atoms with Crippen LogP contribution in [0.3, 0.4) is 0 Å². The summed E-state index contributed by atoms with van der Waals surface area (Å²) in [5, 5.41) is 5.73. The van der Waals surface area contributed by atoms with Crippen molar-refractivity contribution in [3.8, 4) is 0 Å². The van der Waals surface area contributed by atoms with Crippen molar-refractivity contribution in [2.75, 3.05) is 52.7 Å². The Hall–Kier alpha value is -0.760. The standard InChI is InChI=1S/C16H33FN2O4/c1-5-18-10-14(4)23-9-8-21-6-7-22-12-15(17)11-19-16(20)13(2)3/h13-15,18H,5-12H2,1-4H3,(H,19,20). The number of amides is 1. The molecule has 0 aliphatic carbocycles. The number of hydrogen-bond acceptors (Lipinski definition) is 5. The Kier molecular flexibility index (Phi) is 14.3. The zero-order chi connectivity index (χ0) is 17.5. The first-order valence-electron chi connectivity index (χ1n) is 8.36. The van der Waals surface area contributed by atoms with Gasteiger partial charge in [-0.05, 0) is 13.5 Å². The zero-order valence-electron chi connectivity index (χ0n) is 14.9. The largest absolute Gasteiger partial charge is 0.377 e. The topological polar surface area (TPSA) is 68.8 Å². The van der Waals surface area contributed by atoms with Crippen LogP contribution in [0.1, 0.15) is 27.7 Å². The lowest BCUT2D eigenvalue weighted by Crippen LogP contribution is -2.35. The molecule has 0 aliphatic rings. The van der Waals surface area contributed by atoms with E-state index in [9.17, 15) is 9.18 Å². The molecule has 0 aromatic rings. The first-order chi connectivity index (χ1) is 11.0. The predicted octanol–water partition coefficient (Wildman–Crippen LogP) is 1.14. The highest BCUT2D eigenvalue weighted by atomic mass is 19.1. The van der Waals surface area contributed by atoms with Gasteiger partial charge in [-0.1, -0.05) is 20.8 Å². The van der Waals surface area contributed by atoms with Crippen LogP contribution < -0.4 is 10.6 Å². The number of carbonyl (C=O) groups is 1. The molecule has 2 atom stereocenters. The van der Waals surface area contributed by atoms with Crippen molar-refractivity contribution in [1.82, 2.24) is 10.6 Å². The Morgan fingerprint density at radius 3 is 2.35 bits per heavy atom. The van der Waals surface area contributed by atoms with Gasteiger partial charge in [0.25, 0.3) is 0 Å². The molecule has 1 amide bonds. The molecule has 0 aromatic carbocycles. The van der Waals surface area contributed by atoms with Crippen LogP contribution in [0, 0.1) is 5.92 Å². The van der Waals surface area contributed by atoms with E-state index in [1.165, 1.54) is 0 Å². The molecular formula is C16H33FN2O4. The van der Waals surface area contributed by atoms with Crippen LogP contribution in [0.15, 0.2) is 0 Å². The van der Waals surface area contributed by atoms with Crippen LogP contribution in [-0.2, 0) is 19.0 Å². The number of likely N-dealkylation sites (N-methyl/N-ethyl adjacent to an activating group) is 1. The molecule has 0 bridgehead atoms. The van der Waals surface area contributed by atoms with Crippen LogP contribution in [0.4, 0.5) is 4.39 Å². The van der Waals surface area contributed by atoms with Gasteiger partial charge in [-0.2, -0.15) is 0 Å². The van der Waals surface area contributed by atoms with Crippen molar-refractivity contribution in [3.63, 3.8) is 0 Å². The van der Waals surface area contributed by atoms with Crippen molar-refractivity contribution in [2.45, 2.75) is 40.0 Å². The highest BCUT2D eigenvalue weighted by Gasteiger charge is 2.11. The molecule has 138 valence electrons. The third-order valence-electron chi connectivity index (χ3n) is 3.00. The first-order valence-corrected chi connectivity index (χ1v) is 8.36. The molecule has 0 spiro atoms. The maximum atomic E-state index is 13.4. The number of nitrogens with one attached hydrogen (secondary N) is 2. The van der Waals surface area contributed by atoms with Gasteiger partial charge in [0, 0.05) is 12.5 Å². The summed E-state index contributed by atoms with van der Waals surface area (Å²) in [6, 6.07) is 0. The van der Waals surface area contributed by atoms with Gasteiger partial charge in [-0.15, -0.1) is 0 Å². The van der Waals surface area contributed by atoms with Crippen molar-refractivity contribution in [3.05, 3.63) is 0 Å². The molecule has 23 heavy (non-hydrogen) atoms. The first kappa shape index (κ1) is 22.2. The maximum absolute atomic E-state index is 13.4. The number of ether oxygens (including phenoxy) is 3. The van der Waals surface area contributed by atoms with Gasteiger partial charge in [-0.25, -0.2) is 4.39 Å². The Morgan fingerprint density at radius 2 is 1.70 bits per heavy atom. The fourth-order valence-corrected chi connectivity index (χ4v) is 1.62. The predicted molar refractivity (Wildman–Crippen MR) is 88.3 cm³/mol. The smallest absolute Gasteiger partial charge is 0.222 e. The molecule has 2 N–H and O–H groups in total. The second-order valence-electron chi connectivity index (χ2n) is 5.67. The summed E-state index contributed by atoms with van der Waals surface area (Å²) in [5.41, 5.74) is 0. The van der Waals surface area contributed by atoms with Crippen molar-refractivity contribution >= 4 is 5.91 Å². The fraction of sp³-hybridized carbons (Fsp3) is 0.938. The van der Waals surface area contributed by atoms with Crippen molar-refractivity contribution < 1.29 is 23.4 Å². The molecular weight excluding hydrogens is 303 g/mol. The minimum Gasteiger partial charge on any atom is -0.377 e. The maximum Gasteiger partial charge on any atom is 0.222 e. The van der Waals surface area contributed by atoms with Gasteiger partial charge < -0.3 is 24.8 Å². The molecule has 7 heteroatoms. The average molecular weight is 336 g/mol. The van der Waals surface area contributed by atoms with E-state index in [0.29, 0.717) is 26.4 Å². The van der Waals surface area contributed by atoms with E-state index in [1.54, 1.807) is 13.8 Å². The van der Waals surface area contributed by atoms with Gasteiger partial charge >= 0.3 is 0 Å². The van der Waals surface area contributed by atoms with Crippen molar-refractivity contribution in [1.29, 1.82) is 0 Å². The van der Waals surface area contributed by atoms with E-state index >= 15 is 0 Å². The monoisotopic (exact) mass is 336 g/mol. The van der Waals surface area contributed by atoms with Gasteiger partial charge in [0.15, 0.2) is 0 Å². The van der Waals surface area contributed by atoms with Gasteiger partial charge in [0.2, 0.25) is 5.91 Å². The minimum absolute atomic E-state index is 0.0185. The minimum atomic E-state index is -1.20. The Morgan fingerprint density at radius 1 is 1.04 bits per heavy atom. The molecule has 0 saturated carbocycles. The van der Waals surface area contributed by atoms with Crippen LogP contribution in [0.2, 0.25) is 0 Å². The summed E-state index contributed by atoms with van der Waals surface area (Å²) in [6.45, 7) is 11.0. The second-order valence-corrected chi connectivity index (χ2v) is 5.67. The lowest BCUT2D eigenvalue weighted by molar-refractivity contribution is -0.124. The SMILES string of the molecule is CCNCC(C)OCCOCCOCC(F)CNC(=O)C(C)C. The summed E-state index contributed by atoms with van der Waals surface area (Å²) in [7, 11) is 0. The van der Waals surface area contributed by atoms with Crippen molar-refractivity contribution in [2.24, 2.45) is 5.92 Å². The molecule has 0 saturated heterocycles. The number of alkyl halides is 1. The molecule has 0 fully saturated rings. The summed E-state index contributed by atoms with van der Waals surface area (Å²) in [6.07, 6.45) is -1.05. The summed E-state index contributed by atoms with van der Waals surface area (Å²) in [4.78, 5) is 11.3. The molecule has 6 nitrogen and oxygen atoms in total. The molecule has 2 unspecified atom stereocenters. The lowest BCUT2D eigenvalue weighted by Gasteiger charge is -2.14. The Balaban J connectivity index is 3.34. The third-order valence-corrected chi connectivity index (χ3v) is 3.00. The van der Waals surface area contributed by atoms with E-state index in [0.717, 1.165) is 13.1 Å². The Bertz CT molecular complexity index is 293. The molecule has 0 heterocycles. The van der Waals surface area contributed by atoms with Gasteiger partial charge in [0.05, 0.1) is 45.7 Å².